The molecule has 1 aliphatic rings. The molecule has 1 N–H and O–H groups in total. The van der Waals surface area contributed by atoms with Crippen LogP contribution >= 0.6 is 0 Å². The van der Waals surface area contributed by atoms with Crippen LogP contribution < -0.4 is 14.4 Å². The third kappa shape index (κ3) is 4.61. The Hall–Kier alpha value is -2.09. The quantitative estimate of drug-likeness (QED) is 0.821. The Morgan fingerprint density at radius 2 is 1.70 bits per heavy atom. The third-order valence-electron chi connectivity index (χ3n) is 4.85. The van der Waals surface area contributed by atoms with E-state index in [0.717, 1.165) is 48.7 Å². The van der Waals surface area contributed by atoms with Crippen LogP contribution in [0.1, 0.15) is 16.7 Å². The Morgan fingerprint density at radius 1 is 1.07 bits per heavy atom. The van der Waals surface area contributed by atoms with Gasteiger partial charge in [0.05, 0.1) is 20.3 Å². The van der Waals surface area contributed by atoms with Crippen LogP contribution in [0.4, 0.5) is 5.69 Å². The average molecular weight is 391 g/mol. The standard InChI is InChI=1S/C20H26N2O4S/c1-15-12-19(25-3)20(13-16(15)2)27(23,24)21-14-17-4-6-18(7-5-17)22-8-10-26-11-9-22/h4-7,12-13,21H,8-11,14H2,1-3H3. The molecule has 0 atom stereocenters. The molecule has 1 aliphatic heterocycles. The molecule has 146 valence electrons. The van der Waals surface area contributed by atoms with Gasteiger partial charge in [0.1, 0.15) is 10.6 Å². The largest absolute Gasteiger partial charge is 0.495 e. The summed E-state index contributed by atoms with van der Waals surface area (Å²) in [4.78, 5) is 2.43. The van der Waals surface area contributed by atoms with Crippen molar-refractivity contribution in [2.24, 2.45) is 0 Å². The van der Waals surface area contributed by atoms with Crippen molar-refractivity contribution in [3.63, 3.8) is 0 Å². The van der Waals surface area contributed by atoms with Crippen molar-refractivity contribution in [1.82, 2.24) is 4.72 Å². The summed E-state index contributed by atoms with van der Waals surface area (Å²) in [6.45, 7) is 7.26. The Morgan fingerprint density at radius 3 is 2.33 bits per heavy atom. The topological polar surface area (TPSA) is 67.9 Å². The smallest absolute Gasteiger partial charge is 0.244 e. The van der Waals surface area contributed by atoms with Gasteiger partial charge in [0.15, 0.2) is 0 Å². The predicted octanol–water partition coefficient (Wildman–Crippen LogP) is 2.63. The molecular formula is C20H26N2O4S. The molecule has 1 heterocycles. The molecule has 3 rings (SSSR count). The van der Waals surface area contributed by atoms with Crippen LogP contribution in [0, 0.1) is 13.8 Å². The number of morpholine rings is 1. The van der Waals surface area contributed by atoms with Crippen molar-refractivity contribution in [1.29, 1.82) is 0 Å². The number of nitrogens with one attached hydrogen (secondary N) is 1. The van der Waals surface area contributed by atoms with E-state index in [9.17, 15) is 8.42 Å². The highest BCUT2D eigenvalue weighted by molar-refractivity contribution is 7.89. The van der Waals surface area contributed by atoms with E-state index >= 15 is 0 Å². The minimum Gasteiger partial charge on any atom is -0.495 e. The summed E-state index contributed by atoms with van der Waals surface area (Å²) in [6, 6.07) is 11.3. The number of hydrogen-bond acceptors (Lipinski definition) is 5. The molecule has 0 aliphatic carbocycles. The second-order valence-electron chi connectivity index (χ2n) is 6.68. The molecule has 0 spiro atoms. The lowest BCUT2D eigenvalue weighted by atomic mass is 10.1. The maximum Gasteiger partial charge on any atom is 0.244 e. The van der Waals surface area contributed by atoms with E-state index in [4.69, 9.17) is 9.47 Å². The van der Waals surface area contributed by atoms with Crippen LogP contribution in [0.3, 0.4) is 0 Å². The Labute approximate surface area is 161 Å². The SMILES string of the molecule is COc1cc(C)c(C)cc1S(=O)(=O)NCc1ccc(N2CCOCC2)cc1. The second kappa shape index (κ2) is 8.29. The first kappa shape index (κ1) is 19.7. The van der Waals surface area contributed by atoms with E-state index in [1.54, 1.807) is 12.1 Å². The molecule has 0 unspecified atom stereocenters. The zero-order valence-electron chi connectivity index (χ0n) is 16.0. The molecule has 2 aromatic rings. The van der Waals surface area contributed by atoms with E-state index in [-0.39, 0.29) is 11.4 Å². The highest BCUT2D eigenvalue weighted by Gasteiger charge is 2.20. The molecule has 2 aromatic carbocycles. The normalized spacial score (nSPS) is 15.0. The number of methoxy groups -OCH3 is 1. The van der Waals surface area contributed by atoms with Crippen LogP contribution in [-0.2, 0) is 21.3 Å². The second-order valence-corrected chi connectivity index (χ2v) is 8.41. The molecule has 0 radical (unpaired) electrons. The number of benzene rings is 2. The predicted molar refractivity (Wildman–Crippen MR) is 106 cm³/mol. The van der Waals surface area contributed by atoms with Crippen molar-refractivity contribution >= 4 is 15.7 Å². The fraction of sp³-hybridized carbons (Fsp3) is 0.400. The number of nitrogens with zero attached hydrogens (tertiary/aromatic N) is 1. The van der Waals surface area contributed by atoms with Gasteiger partial charge in [0.25, 0.3) is 0 Å². The first-order valence-electron chi connectivity index (χ1n) is 8.97. The van der Waals surface area contributed by atoms with E-state index in [1.807, 2.05) is 38.1 Å². The fourth-order valence-corrected chi connectivity index (χ4v) is 4.29. The van der Waals surface area contributed by atoms with Crippen molar-refractivity contribution in [2.75, 3.05) is 38.3 Å². The number of aryl methyl sites for hydroxylation is 2. The summed E-state index contributed by atoms with van der Waals surface area (Å²) in [5.74, 6) is 0.355. The van der Waals surface area contributed by atoms with Crippen LogP contribution in [0.5, 0.6) is 5.75 Å². The van der Waals surface area contributed by atoms with Gasteiger partial charge < -0.3 is 14.4 Å². The summed E-state index contributed by atoms with van der Waals surface area (Å²) in [7, 11) is -2.19. The number of anilines is 1. The first-order chi connectivity index (χ1) is 12.9. The van der Waals surface area contributed by atoms with E-state index < -0.39 is 10.0 Å². The number of sulfonamides is 1. The molecule has 0 saturated carbocycles. The molecule has 1 saturated heterocycles. The number of ether oxygens (including phenoxy) is 2. The van der Waals surface area contributed by atoms with Gasteiger partial charge in [-0.1, -0.05) is 12.1 Å². The molecule has 0 bridgehead atoms. The van der Waals surface area contributed by atoms with Gasteiger partial charge >= 0.3 is 0 Å². The first-order valence-corrected chi connectivity index (χ1v) is 10.5. The molecule has 1 fully saturated rings. The molecule has 6 nitrogen and oxygen atoms in total. The van der Waals surface area contributed by atoms with Crippen LogP contribution in [0.15, 0.2) is 41.3 Å². The Bertz CT molecular complexity index is 889. The molecule has 27 heavy (non-hydrogen) atoms. The average Bonchev–Trinajstić information content (AvgIpc) is 2.69. The van der Waals surface area contributed by atoms with Crippen molar-refractivity contribution in [3.05, 3.63) is 53.1 Å². The number of rotatable bonds is 6. The Kier molecular flexibility index (Phi) is 6.04. The highest BCUT2D eigenvalue weighted by Crippen LogP contribution is 2.27. The zero-order valence-corrected chi connectivity index (χ0v) is 16.8. The molecule has 7 heteroatoms. The van der Waals surface area contributed by atoms with Gasteiger partial charge in [-0.15, -0.1) is 0 Å². The van der Waals surface area contributed by atoms with Crippen molar-refractivity contribution in [3.8, 4) is 5.75 Å². The van der Waals surface area contributed by atoms with Gasteiger partial charge in [-0.3, -0.25) is 0 Å². The molecule has 0 amide bonds. The lowest BCUT2D eigenvalue weighted by Gasteiger charge is -2.28. The summed E-state index contributed by atoms with van der Waals surface area (Å²) < 4.78 is 38.8. The minimum atomic E-state index is -3.67. The summed E-state index contributed by atoms with van der Waals surface area (Å²) in [6.07, 6.45) is 0. The van der Waals surface area contributed by atoms with Gasteiger partial charge in [-0.2, -0.15) is 0 Å². The third-order valence-corrected chi connectivity index (χ3v) is 6.27. The van der Waals surface area contributed by atoms with Gasteiger partial charge in [-0.05, 0) is 54.8 Å². The van der Waals surface area contributed by atoms with E-state index in [2.05, 4.69) is 9.62 Å². The van der Waals surface area contributed by atoms with Crippen LogP contribution in [0.2, 0.25) is 0 Å². The molecular weight excluding hydrogens is 364 g/mol. The monoisotopic (exact) mass is 390 g/mol. The summed E-state index contributed by atoms with van der Waals surface area (Å²) >= 11 is 0. The van der Waals surface area contributed by atoms with Crippen molar-refractivity contribution < 1.29 is 17.9 Å². The maximum atomic E-state index is 12.7. The van der Waals surface area contributed by atoms with E-state index in [0.29, 0.717) is 5.75 Å². The summed E-state index contributed by atoms with van der Waals surface area (Å²) in [5.41, 5.74) is 3.93. The zero-order chi connectivity index (χ0) is 19.4. The highest BCUT2D eigenvalue weighted by atomic mass is 32.2. The Balaban J connectivity index is 1.71. The van der Waals surface area contributed by atoms with Gasteiger partial charge in [0, 0.05) is 25.3 Å². The van der Waals surface area contributed by atoms with Crippen LogP contribution in [-0.4, -0.2) is 41.8 Å². The maximum absolute atomic E-state index is 12.7. The lowest BCUT2D eigenvalue weighted by Crippen LogP contribution is -2.36. The summed E-state index contributed by atoms with van der Waals surface area (Å²) in [5, 5.41) is 0. The van der Waals surface area contributed by atoms with Crippen molar-refractivity contribution in [2.45, 2.75) is 25.3 Å². The number of hydrogen-bond donors (Lipinski definition) is 1. The minimum absolute atomic E-state index is 0.165. The van der Waals surface area contributed by atoms with E-state index in [1.165, 1.54) is 7.11 Å². The lowest BCUT2D eigenvalue weighted by molar-refractivity contribution is 0.122. The van der Waals surface area contributed by atoms with Crippen LogP contribution in [0.25, 0.3) is 0 Å². The van der Waals surface area contributed by atoms with Gasteiger partial charge in [0.2, 0.25) is 10.0 Å². The fourth-order valence-electron chi connectivity index (χ4n) is 3.03. The molecule has 0 aromatic heterocycles. The van der Waals surface area contributed by atoms with Gasteiger partial charge in [-0.25, -0.2) is 13.1 Å².